The van der Waals surface area contributed by atoms with Gasteiger partial charge in [-0.25, -0.2) is 9.59 Å². The number of hydrogen-bond donors (Lipinski definition) is 0. The molecule has 176 valence electrons. The normalized spacial score (nSPS) is 10.1. The lowest BCUT2D eigenvalue weighted by atomic mass is 10.1. The molecule has 0 heterocycles. The van der Waals surface area contributed by atoms with Crippen LogP contribution in [0, 0.1) is 0 Å². The summed E-state index contributed by atoms with van der Waals surface area (Å²) in [6.07, 6.45) is 0. The maximum absolute atomic E-state index is 12.6. The number of hydrogen-bond acceptors (Lipinski definition) is 9. The number of ether oxygens (including phenoxy) is 6. The average Bonchev–Trinajstić information content (AvgIpc) is 2.84. The summed E-state index contributed by atoms with van der Waals surface area (Å²) in [6.45, 7) is 1.29. The molecule has 0 aliphatic carbocycles. The molecule has 0 atom stereocenters. The van der Waals surface area contributed by atoms with Crippen LogP contribution in [0.1, 0.15) is 27.6 Å². The first-order valence-electron chi connectivity index (χ1n) is 9.97. The van der Waals surface area contributed by atoms with Crippen LogP contribution in [0.25, 0.3) is 0 Å². The highest BCUT2D eigenvalue weighted by Gasteiger charge is 2.19. The topological polar surface area (TPSA) is 107 Å². The van der Waals surface area contributed by atoms with Crippen molar-refractivity contribution >= 4 is 17.9 Å². The molecule has 0 radical (unpaired) electrons. The Labute approximate surface area is 195 Å². The number of rotatable bonds is 8. The summed E-state index contributed by atoms with van der Waals surface area (Å²) in [5, 5.41) is 0. The second-order valence-corrected chi connectivity index (χ2v) is 6.78. The Morgan fingerprint density at radius 2 is 0.971 bits per heavy atom. The van der Waals surface area contributed by atoms with Gasteiger partial charge in [-0.3, -0.25) is 4.79 Å². The second kappa shape index (κ2) is 10.9. The molecule has 3 aromatic rings. The van der Waals surface area contributed by atoms with Crippen molar-refractivity contribution in [3.05, 3.63) is 71.8 Å². The Morgan fingerprint density at radius 3 is 1.38 bits per heavy atom. The Balaban J connectivity index is 1.67. The molecule has 34 heavy (non-hydrogen) atoms. The Kier molecular flexibility index (Phi) is 7.71. The van der Waals surface area contributed by atoms with Crippen LogP contribution >= 0.6 is 0 Å². The first-order valence-corrected chi connectivity index (χ1v) is 9.97. The van der Waals surface area contributed by atoms with Crippen LogP contribution in [-0.2, 0) is 4.79 Å². The minimum atomic E-state index is -0.651. The molecule has 0 N–H and O–H groups in total. The zero-order chi connectivity index (χ0) is 24.7. The molecule has 9 nitrogen and oxygen atoms in total. The van der Waals surface area contributed by atoms with Crippen LogP contribution in [0.5, 0.6) is 34.5 Å². The van der Waals surface area contributed by atoms with Crippen molar-refractivity contribution in [1.82, 2.24) is 0 Å². The smallest absolute Gasteiger partial charge is 0.343 e. The van der Waals surface area contributed by atoms with E-state index in [1.165, 1.54) is 88.9 Å². The number of carbonyl (C=O) groups excluding carboxylic acids is 3. The largest absolute Gasteiger partial charge is 0.493 e. The maximum atomic E-state index is 12.6. The highest BCUT2D eigenvalue weighted by Crippen LogP contribution is 2.38. The van der Waals surface area contributed by atoms with Crippen LogP contribution in [0.15, 0.2) is 60.7 Å². The number of esters is 3. The van der Waals surface area contributed by atoms with Crippen molar-refractivity contribution in [3.8, 4) is 34.5 Å². The predicted octanol–water partition coefficient (Wildman–Crippen LogP) is 4.08. The van der Waals surface area contributed by atoms with Gasteiger partial charge >= 0.3 is 17.9 Å². The van der Waals surface area contributed by atoms with E-state index in [4.69, 9.17) is 28.4 Å². The number of methoxy groups -OCH3 is 3. The molecule has 0 saturated heterocycles. The number of carbonyl (C=O) groups is 3. The summed E-state index contributed by atoms with van der Waals surface area (Å²) in [6, 6.07) is 14.8. The lowest BCUT2D eigenvalue weighted by molar-refractivity contribution is -0.131. The van der Waals surface area contributed by atoms with Crippen LogP contribution in [0.4, 0.5) is 0 Å². The van der Waals surface area contributed by atoms with Gasteiger partial charge in [0.25, 0.3) is 0 Å². The van der Waals surface area contributed by atoms with Gasteiger partial charge in [0.1, 0.15) is 17.2 Å². The molecule has 9 heteroatoms. The fourth-order valence-corrected chi connectivity index (χ4v) is 2.93. The van der Waals surface area contributed by atoms with Crippen molar-refractivity contribution in [1.29, 1.82) is 0 Å². The molecule has 0 unspecified atom stereocenters. The van der Waals surface area contributed by atoms with E-state index in [0.717, 1.165) is 0 Å². The third kappa shape index (κ3) is 5.83. The van der Waals surface area contributed by atoms with Gasteiger partial charge in [0.15, 0.2) is 11.5 Å². The SMILES string of the molecule is COc1cc(C(=O)Oc2ccc(C(=O)Oc3ccc(OC(C)=O)cc3)cc2)cc(OC)c1OC. The fraction of sp³-hybridized carbons (Fsp3) is 0.160. The van der Waals surface area contributed by atoms with Gasteiger partial charge in [-0.15, -0.1) is 0 Å². The minimum absolute atomic E-state index is 0.190. The van der Waals surface area contributed by atoms with Gasteiger partial charge in [0, 0.05) is 6.92 Å². The van der Waals surface area contributed by atoms with Crippen LogP contribution in [-0.4, -0.2) is 39.2 Å². The lowest BCUT2D eigenvalue weighted by Gasteiger charge is -2.13. The van der Waals surface area contributed by atoms with Gasteiger partial charge in [-0.05, 0) is 60.7 Å². The minimum Gasteiger partial charge on any atom is -0.493 e. The molecule has 0 amide bonds. The first-order chi connectivity index (χ1) is 16.3. The summed E-state index contributed by atoms with van der Waals surface area (Å²) in [7, 11) is 4.35. The molecular weight excluding hydrogens is 444 g/mol. The van der Waals surface area contributed by atoms with Crippen LogP contribution < -0.4 is 28.4 Å². The summed E-state index contributed by atoms with van der Waals surface area (Å²) in [5.74, 6) is 0.109. The van der Waals surface area contributed by atoms with Gasteiger partial charge < -0.3 is 28.4 Å². The van der Waals surface area contributed by atoms with Crippen molar-refractivity contribution in [2.24, 2.45) is 0 Å². The third-order valence-electron chi connectivity index (χ3n) is 4.50. The predicted molar refractivity (Wildman–Crippen MR) is 120 cm³/mol. The van der Waals surface area contributed by atoms with Crippen molar-refractivity contribution in [3.63, 3.8) is 0 Å². The quantitative estimate of drug-likeness (QED) is 0.359. The number of benzene rings is 3. The van der Waals surface area contributed by atoms with Gasteiger partial charge in [0.05, 0.1) is 32.5 Å². The zero-order valence-corrected chi connectivity index (χ0v) is 18.9. The van der Waals surface area contributed by atoms with E-state index in [9.17, 15) is 14.4 Å². The van der Waals surface area contributed by atoms with Crippen molar-refractivity contribution in [2.45, 2.75) is 6.92 Å². The standard InChI is InChI=1S/C25H22O9/c1-15(26)32-18-9-11-20(12-10-18)33-24(27)16-5-7-19(8-6-16)34-25(28)17-13-21(29-2)23(31-4)22(14-17)30-3/h5-14H,1-4H3. The van der Waals surface area contributed by atoms with E-state index in [0.29, 0.717) is 23.0 Å². The summed E-state index contributed by atoms with van der Waals surface area (Å²) >= 11 is 0. The maximum Gasteiger partial charge on any atom is 0.343 e. The van der Waals surface area contributed by atoms with Gasteiger partial charge in [0.2, 0.25) is 5.75 Å². The average molecular weight is 466 g/mol. The van der Waals surface area contributed by atoms with Crippen molar-refractivity contribution < 1.29 is 42.8 Å². The fourth-order valence-electron chi connectivity index (χ4n) is 2.93. The molecule has 3 rings (SSSR count). The Morgan fingerprint density at radius 1 is 0.559 bits per heavy atom. The molecule has 0 bridgehead atoms. The van der Waals surface area contributed by atoms with Crippen molar-refractivity contribution in [2.75, 3.05) is 21.3 Å². The van der Waals surface area contributed by atoms with E-state index in [1.807, 2.05) is 0 Å². The second-order valence-electron chi connectivity index (χ2n) is 6.78. The highest BCUT2D eigenvalue weighted by atomic mass is 16.5. The molecule has 0 saturated carbocycles. The zero-order valence-electron chi connectivity index (χ0n) is 18.9. The van der Waals surface area contributed by atoms with E-state index in [2.05, 4.69) is 0 Å². The Bertz CT molecular complexity index is 1160. The monoisotopic (exact) mass is 466 g/mol. The molecule has 3 aromatic carbocycles. The first kappa shape index (κ1) is 24.1. The molecule has 0 fully saturated rings. The molecule has 0 aromatic heterocycles. The highest BCUT2D eigenvalue weighted by molar-refractivity contribution is 5.93. The summed E-state index contributed by atoms with van der Waals surface area (Å²) in [5.41, 5.74) is 0.437. The summed E-state index contributed by atoms with van der Waals surface area (Å²) < 4.78 is 31.4. The molecule has 0 aliphatic rings. The van der Waals surface area contributed by atoms with E-state index < -0.39 is 17.9 Å². The van der Waals surface area contributed by atoms with E-state index >= 15 is 0 Å². The van der Waals surface area contributed by atoms with Gasteiger partial charge in [-0.2, -0.15) is 0 Å². The van der Waals surface area contributed by atoms with E-state index in [1.54, 1.807) is 0 Å². The van der Waals surface area contributed by atoms with Crippen LogP contribution in [0.3, 0.4) is 0 Å². The summed E-state index contributed by atoms with van der Waals surface area (Å²) in [4.78, 5) is 35.9. The third-order valence-corrected chi connectivity index (χ3v) is 4.50. The lowest BCUT2D eigenvalue weighted by Crippen LogP contribution is -2.11. The molecular formula is C25H22O9. The molecule has 0 spiro atoms. The van der Waals surface area contributed by atoms with Crippen LogP contribution in [0.2, 0.25) is 0 Å². The Hall–Kier alpha value is -4.53. The van der Waals surface area contributed by atoms with Gasteiger partial charge in [-0.1, -0.05) is 0 Å². The molecule has 0 aliphatic heterocycles. The van der Waals surface area contributed by atoms with E-state index in [-0.39, 0.29) is 22.6 Å².